The van der Waals surface area contributed by atoms with Gasteiger partial charge in [0.15, 0.2) is 23.0 Å². The van der Waals surface area contributed by atoms with Gasteiger partial charge in [-0.1, -0.05) is 48.5 Å². The Labute approximate surface area is 234 Å². The van der Waals surface area contributed by atoms with Crippen molar-refractivity contribution >= 4 is 77.3 Å². The maximum Gasteiger partial charge on any atom is 0.308 e. The molecule has 38 heavy (non-hydrogen) atoms. The zero-order valence-electron chi connectivity index (χ0n) is 20.6. The molecule has 0 radical (unpaired) electrons. The molecular weight excluding hydrogens is 624 g/mol. The topological polar surface area (TPSA) is 105 Å². The van der Waals surface area contributed by atoms with Gasteiger partial charge in [0.25, 0.3) is 0 Å². The second-order valence-electron chi connectivity index (χ2n) is 8.16. The lowest BCUT2D eigenvalue weighted by Gasteiger charge is -2.23. The number of benzene rings is 4. The van der Waals surface area contributed by atoms with Gasteiger partial charge in [-0.2, -0.15) is 0 Å². The second-order valence-corrected chi connectivity index (χ2v) is 9.75. The highest BCUT2D eigenvalue weighted by Crippen LogP contribution is 2.56. The van der Waals surface area contributed by atoms with E-state index in [0.717, 1.165) is 0 Å². The molecule has 194 valence electrons. The zero-order valence-corrected chi connectivity index (χ0v) is 23.8. The molecule has 0 saturated carbocycles. The number of hydrogen-bond donors (Lipinski definition) is 0. The number of carbonyl (C=O) groups excluding carboxylic acids is 4. The Kier molecular flexibility index (Phi) is 7.84. The minimum Gasteiger partial charge on any atom is -0.422 e. The molecule has 0 bridgehead atoms. The van der Waals surface area contributed by atoms with E-state index < -0.39 is 23.9 Å². The molecule has 0 atom stereocenters. The molecule has 0 aromatic heterocycles. The van der Waals surface area contributed by atoms with Crippen LogP contribution in [0.15, 0.2) is 57.5 Å². The molecular formula is C28H20Br2O8. The van der Waals surface area contributed by atoms with Crippen molar-refractivity contribution < 1.29 is 38.1 Å². The smallest absolute Gasteiger partial charge is 0.308 e. The summed E-state index contributed by atoms with van der Waals surface area (Å²) in [7, 11) is 0. The van der Waals surface area contributed by atoms with Crippen molar-refractivity contribution in [2.75, 3.05) is 0 Å². The van der Waals surface area contributed by atoms with Crippen LogP contribution >= 0.6 is 31.9 Å². The van der Waals surface area contributed by atoms with E-state index in [1.165, 1.54) is 27.7 Å². The molecule has 4 aromatic carbocycles. The number of ether oxygens (including phenoxy) is 4. The molecule has 0 heterocycles. The number of hydrogen-bond acceptors (Lipinski definition) is 8. The van der Waals surface area contributed by atoms with Gasteiger partial charge in [0.1, 0.15) is 0 Å². The summed E-state index contributed by atoms with van der Waals surface area (Å²) in [5, 5.41) is 2.37. The van der Waals surface area contributed by atoms with Gasteiger partial charge >= 0.3 is 23.9 Å². The molecule has 8 nitrogen and oxygen atoms in total. The minimum atomic E-state index is -0.683. The Morgan fingerprint density at radius 3 is 1.03 bits per heavy atom. The third-order valence-electron chi connectivity index (χ3n) is 5.36. The first-order chi connectivity index (χ1) is 18.0. The summed E-state index contributed by atoms with van der Waals surface area (Å²) < 4.78 is 23.2. The normalized spacial score (nSPS) is 10.8. The maximum atomic E-state index is 12.3. The van der Waals surface area contributed by atoms with Crippen LogP contribution in [0.4, 0.5) is 0 Å². The predicted molar refractivity (Wildman–Crippen MR) is 148 cm³/mol. The van der Waals surface area contributed by atoms with Gasteiger partial charge in [-0.3, -0.25) is 19.2 Å². The summed E-state index contributed by atoms with van der Waals surface area (Å²) in [4.78, 5) is 48.9. The van der Waals surface area contributed by atoms with Crippen LogP contribution in [0, 0.1) is 0 Å². The first kappa shape index (κ1) is 27.3. The lowest BCUT2D eigenvalue weighted by Crippen LogP contribution is -2.12. The van der Waals surface area contributed by atoms with Crippen LogP contribution in [0.3, 0.4) is 0 Å². The van der Waals surface area contributed by atoms with E-state index in [4.69, 9.17) is 18.9 Å². The Hall–Kier alpha value is -3.76. The monoisotopic (exact) mass is 642 g/mol. The summed E-state index contributed by atoms with van der Waals surface area (Å²) >= 11 is 6.99. The first-order valence-electron chi connectivity index (χ1n) is 11.2. The highest BCUT2D eigenvalue weighted by Gasteiger charge is 2.31. The standard InChI is InChI=1S/C28H20Br2O8/c1-13(31)35-25-21(17-9-5-7-11-19(17)23(29)27(25)37-15(3)33)22-18-10-6-8-12-20(18)24(30)28(38-16(4)34)26(22)36-14(2)32/h5-12H,1-4H3. The minimum absolute atomic E-state index is 0.0452. The fourth-order valence-electron chi connectivity index (χ4n) is 4.15. The Bertz CT molecular complexity index is 1540. The van der Waals surface area contributed by atoms with E-state index in [1.54, 1.807) is 48.5 Å². The van der Waals surface area contributed by atoms with Crippen molar-refractivity contribution in [3.05, 3.63) is 57.5 Å². The van der Waals surface area contributed by atoms with E-state index >= 15 is 0 Å². The van der Waals surface area contributed by atoms with Crippen LogP contribution in [0.1, 0.15) is 27.7 Å². The predicted octanol–water partition coefficient (Wildman–Crippen LogP) is 6.89. The van der Waals surface area contributed by atoms with Crippen LogP contribution < -0.4 is 18.9 Å². The number of fused-ring (bicyclic) bond motifs is 2. The zero-order chi connectivity index (χ0) is 27.7. The molecule has 10 heteroatoms. The first-order valence-corrected chi connectivity index (χ1v) is 12.8. The summed E-state index contributed by atoms with van der Waals surface area (Å²) in [6.07, 6.45) is 0. The number of rotatable bonds is 5. The van der Waals surface area contributed by atoms with Crippen molar-refractivity contribution in [2.45, 2.75) is 27.7 Å². The molecule has 0 amide bonds. The highest BCUT2D eigenvalue weighted by atomic mass is 79.9. The lowest BCUT2D eigenvalue weighted by molar-refractivity contribution is -0.134. The second kappa shape index (κ2) is 10.9. The Balaban J connectivity index is 2.35. The summed E-state index contributed by atoms with van der Waals surface area (Å²) in [5.41, 5.74) is 0.562. The summed E-state index contributed by atoms with van der Waals surface area (Å²) in [6, 6.07) is 14.3. The molecule has 0 aliphatic heterocycles. The fourth-order valence-corrected chi connectivity index (χ4v) is 5.36. The molecule has 0 aliphatic carbocycles. The fraction of sp³-hybridized carbons (Fsp3) is 0.143. The van der Waals surface area contributed by atoms with Crippen LogP contribution in [0.2, 0.25) is 0 Å². The van der Waals surface area contributed by atoms with Gasteiger partial charge < -0.3 is 18.9 Å². The van der Waals surface area contributed by atoms with Gasteiger partial charge in [0.2, 0.25) is 0 Å². The molecule has 0 N–H and O–H groups in total. The molecule has 0 unspecified atom stereocenters. The summed E-state index contributed by atoms with van der Waals surface area (Å²) in [6.45, 7) is 4.86. The van der Waals surface area contributed by atoms with Gasteiger partial charge in [-0.05, 0) is 42.6 Å². The lowest BCUT2D eigenvalue weighted by atomic mass is 9.91. The van der Waals surface area contributed by atoms with Gasteiger partial charge in [0.05, 0.1) is 8.95 Å². The number of carbonyl (C=O) groups is 4. The quantitative estimate of drug-likeness (QED) is 0.171. The third-order valence-corrected chi connectivity index (χ3v) is 6.94. The molecule has 4 rings (SSSR count). The van der Waals surface area contributed by atoms with Crippen LogP contribution in [-0.4, -0.2) is 23.9 Å². The maximum absolute atomic E-state index is 12.3. The molecule has 4 aromatic rings. The number of halogens is 2. The Morgan fingerprint density at radius 1 is 0.474 bits per heavy atom. The number of esters is 4. The van der Waals surface area contributed by atoms with Crippen LogP contribution in [-0.2, 0) is 19.2 Å². The van der Waals surface area contributed by atoms with Gasteiger partial charge in [-0.15, -0.1) is 0 Å². The Morgan fingerprint density at radius 2 is 0.737 bits per heavy atom. The van der Waals surface area contributed by atoms with Crippen molar-refractivity contribution in [1.82, 2.24) is 0 Å². The van der Waals surface area contributed by atoms with E-state index in [-0.39, 0.29) is 34.1 Å². The van der Waals surface area contributed by atoms with E-state index in [0.29, 0.717) is 30.5 Å². The van der Waals surface area contributed by atoms with Crippen molar-refractivity contribution in [3.8, 4) is 34.1 Å². The van der Waals surface area contributed by atoms with Crippen LogP contribution in [0.25, 0.3) is 32.7 Å². The third kappa shape index (κ3) is 5.14. The molecule has 0 aliphatic rings. The molecule has 0 saturated heterocycles. The van der Waals surface area contributed by atoms with E-state index in [2.05, 4.69) is 31.9 Å². The van der Waals surface area contributed by atoms with Crippen LogP contribution in [0.5, 0.6) is 23.0 Å². The average Bonchev–Trinajstić information content (AvgIpc) is 2.84. The molecule has 0 fully saturated rings. The SMILES string of the molecule is CC(=O)Oc1c(OC(C)=O)c(-c2c(OC(C)=O)c(OC(C)=O)c(Br)c3ccccc23)c2ccccc2c1Br. The van der Waals surface area contributed by atoms with Crippen molar-refractivity contribution in [3.63, 3.8) is 0 Å². The summed E-state index contributed by atoms with van der Waals surface area (Å²) in [5.74, 6) is -2.94. The average molecular weight is 644 g/mol. The van der Waals surface area contributed by atoms with E-state index in [1.807, 2.05) is 0 Å². The molecule has 0 spiro atoms. The van der Waals surface area contributed by atoms with Gasteiger partial charge in [0, 0.05) is 49.6 Å². The van der Waals surface area contributed by atoms with E-state index in [9.17, 15) is 19.2 Å². The van der Waals surface area contributed by atoms with Crippen molar-refractivity contribution in [2.24, 2.45) is 0 Å². The van der Waals surface area contributed by atoms with Crippen molar-refractivity contribution in [1.29, 1.82) is 0 Å². The van der Waals surface area contributed by atoms with Gasteiger partial charge in [-0.25, -0.2) is 0 Å². The largest absolute Gasteiger partial charge is 0.422 e. The highest BCUT2D eigenvalue weighted by molar-refractivity contribution is 9.11.